The minimum Gasteiger partial charge on any atom is -0.463 e. The molecule has 1 aromatic rings. The lowest BCUT2D eigenvalue weighted by Gasteiger charge is -2.44. The van der Waals surface area contributed by atoms with Crippen LogP contribution in [0.1, 0.15) is 135 Å². The number of hydrogen-bond acceptors (Lipinski definition) is 13. The molecule has 1 aliphatic rings. The lowest BCUT2D eigenvalue weighted by atomic mass is 9.98. The van der Waals surface area contributed by atoms with Gasteiger partial charge in [0.2, 0.25) is 5.91 Å². The zero-order chi connectivity index (χ0) is 41.3. The van der Waals surface area contributed by atoms with Crippen molar-refractivity contribution < 1.29 is 61.9 Å². The van der Waals surface area contributed by atoms with Crippen LogP contribution in [0.4, 0.5) is 0 Å². The second kappa shape index (κ2) is 27.3. The highest BCUT2D eigenvalue weighted by Gasteiger charge is 2.53. The minimum atomic E-state index is -1.50. The Morgan fingerprint density at radius 2 is 1.27 bits per heavy atom. The van der Waals surface area contributed by atoms with E-state index in [4.69, 9.17) is 33.2 Å². The van der Waals surface area contributed by atoms with Crippen molar-refractivity contribution in [3.05, 3.63) is 48.0 Å². The molecule has 1 aliphatic heterocycles. The molecule has 7 atom stereocenters. The van der Waals surface area contributed by atoms with E-state index in [9.17, 15) is 28.8 Å². The molecule has 0 bridgehead atoms. The summed E-state index contributed by atoms with van der Waals surface area (Å²) in [5.41, 5.74) is 0.303. The second-order valence-electron chi connectivity index (χ2n) is 13.9. The van der Waals surface area contributed by atoms with Crippen LogP contribution in [-0.4, -0.2) is 91.8 Å². The molecule has 1 fully saturated rings. The number of rotatable bonds is 26. The first-order valence-corrected chi connectivity index (χ1v) is 20.0. The molecule has 1 heterocycles. The molecule has 0 saturated carbocycles. The summed E-state index contributed by atoms with van der Waals surface area (Å²) in [4.78, 5) is 74.7. The summed E-state index contributed by atoms with van der Waals surface area (Å²) in [6, 6.07) is 7.43. The van der Waals surface area contributed by atoms with Crippen molar-refractivity contribution in [2.45, 2.75) is 168 Å². The van der Waals surface area contributed by atoms with Gasteiger partial charge in [-0.3, -0.25) is 24.0 Å². The zero-order valence-electron chi connectivity index (χ0n) is 34.0. The molecule has 0 unspecified atom stereocenters. The molecule has 1 aromatic carbocycles. The molecular weight excluding hydrogens is 726 g/mol. The molecular formula is C42H63NO13. The number of allylic oxidation sites excluding steroid dienone is 1. The molecule has 1 amide bonds. The number of carbonyl (C=O) groups is 6. The monoisotopic (exact) mass is 789 g/mol. The fraction of sp³-hybridized carbons (Fsp3) is 0.667. The number of carbonyl (C=O) groups excluding carboxylic acids is 6. The van der Waals surface area contributed by atoms with Gasteiger partial charge in [-0.2, -0.15) is 0 Å². The maximum Gasteiger partial charge on any atom is 0.338 e. The molecule has 314 valence electrons. The van der Waals surface area contributed by atoms with Crippen LogP contribution in [0.3, 0.4) is 0 Å². The Morgan fingerprint density at radius 3 is 1.82 bits per heavy atom. The van der Waals surface area contributed by atoms with Gasteiger partial charge in [-0.15, -0.1) is 0 Å². The van der Waals surface area contributed by atoms with Crippen molar-refractivity contribution in [3.63, 3.8) is 0 Å². The Morgan fingerprint density at radius 1 is 0.714 bits per heavy atom. The molecule has 0 aliphatic carbocycles. The Bertz CT molecular complexity index is 1380. The van der Waals surface area contributed by atoms with Crippen LogP contribution in [0, 0.1) is 0 Å². The Kier molecular flexibility index (Phi) is 23.3. The van der Waals surface area contributed by atoms with Gasteiger partial charge in [-0.25, -0.2) is 4.79 Å². The summed E-state index contributed by atoms with van der Waals surface area (Å²) in [5, 5.41) is 2.87. The SMILES string of the molecule is CCCCCCCCCCCCCC=C[C@@H](OC(=O)c1ccccc1)[C@H](CO[C@@H]1O[C@H](COC(C)=O)[C@H](OC(C)=O)[C@H](OC(C)=O)[C@H]1OC(C)=O)NC(=O)CC. The third kappa shape index (κ3) is 19.0. The Hall–Kier alpha value is -4.30. The van der Waals surface area contributed by atoms with Crippen LogP contribution in [0.2, 0.25) is 0 Å². The molecule has 0 aromatic heterocycles. The number of esters is 5. The fourth-order valence-electron chi connectivity index (χ4n) is 6.23. The Balaban J connectivity index is 2.32. The molecule has 0 spiro atoms. The van der Waals surface area contributed by atoms with E-state index in [-0.39, 0.29) is 18.9 Å². The van der Waals surface area contributed by atoms with Gasteiger partial charge in [0.05, 0.1) is 18.2 Å². The second-order valence-corrected chi connectivity index (χ2v) is 13.9. The van der Waals surface area contributed by atoms with Crippen molar-refractivity contribution in [2.24, 2.45) is 0 Å². The van der Waals surface area contributed by atoms with E-state index in [1.165, 1.54) is 58.3 Å². The first kappa shape index (κ1) is 47.9. The maximum atomic E-state index is 13.3. The topological polar surface area (TPSA) is 179 Å². The van der Waals surface area contributed by atoms with Crippen LogP contribution < -0.4 is 5.32 Å². The summed E-state index contributed by atoms with van der Waals surface area (Å²) in [5.74, 6) is -4.00. The van der Waals surface area contributed by atoms with E-state index in [0.717, 1.165) is 40.0 Å². The van der Waals surface area contributed by atoms with E-state index in [2.05, 4.69) is 12.2 Å². The third-order valence-corrected chi connectivity index (χ3v) is 9.01. The molecule has 0 radical (unpaired) electrons. The summed E-state index contributed by atoms with van der Waals surface area (Å²) < 4.78 is 39.9. The van der Waals surface area contributed by atoms with Crippen LogP contribution in [0.15, 0.2) is 42.5 Å². The van der Waals surface area contributed by atoms with Gasteiger partial charge in [0.15, 0.2) is 24.6 Å². The van der Waals surface area contributed by atoms with Gasteiger partial charge in [0.25, 0.3) is 0 Å². The summed E-state index contributed by atoms with van der Waals surface area (Å²) in [6.07, 6.45) is 9.70. The van der Waals surface area contributed by atoms with E-state index in [1.807, 2.05) is 6.08 Å². The highest BCUT2D eigenvalue weighted by Crippen LogP contribution is 2.30. The van der Waals surface area contributed by atoms with E-state index < -0.39 is 79.3 Å². The molecule has 1 N–H and O–H groups in total. The van der Waals surface area contributed by atoms with Crippen LogP contribution >= 0.6 is 0 Å². The molecule has 1 saturated heterocycles. The van der Waals surface area contributed by atoms with E-state index in [0.29, 0.717) is 12.0 Å². The van der Waals surface area contributed by atoms with Gasteiger partial charge < -0.3 is 38.5 Å². The van der Waals surface area contributed by atoms with Crippen LogP contribution in [0.25, 0.3) is 0 Å². The predicted molar refractivity (Wildman–Crippen MR) is 206 cm³/mol. The number of nitrogens with one attached hydrogen (secondary N) is 1. The fourth-order valence-corrected chi connectivity index (χ4v) is 6.23. The van der Waals surface area contributed by atoms with Gasteiger partial charge in [0.1, 0.15) is 18.8 Å². The smallest absolute Gasteiger partial charge is 0.338 e. The minimum absolute atomic E-state index is 0.108. The van der Waals surface area contributed by atoms with Crippen molar-refractivity contribution in [2.75, 3.05) is 13.2 Å². The van der Waals surface area contributed by atoms with Crippen molar-refractivity contribution in [3.8, 4) is 0 Å². The van der Waals surface area contributed by atoms with E-state index in [1.54, 1.807) is 43.3 Å². The molecule has 14 heteroatoms. The quantitative estimate of drug-likeness (QED) is 0.0468. The lowest BCUT2D eigenvalue weighted by Crippen LogP contribution is -2.63. The highest BCUT2D eigenvalue weighted by atomic mass is 16.7. The zero-order valence-corrected chi connectivity index (χ0v) is 34.0. The van der Waals surface area contributed by atoms with Gasteiger partial charge >= 0.3 is 29.8 Å². The molecule has 2 rings (SSSR count). The largest absolute Gasteiger partial charge is 0.463 e. The average molecular weight is 790 g/mol. The van der Waals surface area contributed by atoms with Gasteiger partial charge in [-0.1, -0.05) is 102 Å². The average Bonchev–Trinajstić information content (AvgIpc) is 3.15. The molecule has 56 heavy (non-hydrogen) atoms. The number of unbranched alkanes of at least 4 members (excludes halogenated alkanes) is 11. The van der Waals surface area contributed by atoms with E-state index >= 15 is 0 Å². The number of hydrogen-bond donors (Lipinski definition) is 1. The lowest BCUT2D eigenvalue weighted by molar-refractivity contribution is -0.309. The van der Waals surface area contributed by atoms with Crippen LogP contribution in [-0.2, 0) is 57.1 Å². The summed E-state index contributed by atoms with van der Waals surface area (Å²) in [7, 11) is 0. The maximum absolute atomic E-state index is 13.3. The molecule has 14 nitrogen and oxygen atoms in total. The number of ether oxygens (including phenoxy) is 7. The van der Waals surface area contributed by atoms with Crippen molar-refractivity contribution in [1.29, 1.82) is 0 Å². The first-order chi connectivity index (χ1) is 26.9. The normalized spacial score (nSPS) is 20.4. The third-order valence-electron chi connectivity index (χ3n) is 9.01. The summed E-state index contributed by atoms with van der Waals surface area (Å²) >= 11 is 0. The standard InChI is InChI=1S/C42H63NO13/c1-7-9-10-11-12-13-14-15-16-17-18-19-23-26-35(55-41(49)33-24-21-20-22-25-33)34(43-37(48)8-2)27-51-42-40(54-32(6)47)39(53-31(5)46)38(52-30(4)45)36(56-42)28-50-29(3)44/h20-26,34-36,38-40,42H,7-19,27-28H2,1-6H3,(H,43,48)/t34-,35+,36+,38-,39-,40+,42+/m0/s1. The van der Waals surface area contributed by atoms with Crippen molar-refractivity contribution >= 4 is 35.8 Å². The van der Waals surface area contributed by atoms with Gasteiger partial charge in [-0.05, 0) is 31.1 Å². The van der Waals surface area contributed by atoms with Crippen molar-refractivity contribution in [1.82, 2.24) is 5.32 Å². The van der Waals surface area contributed by atoms with Crippen LogP contribution in [0.5, 0.6) is 0 Å². The van der Waals surface area contributed by atoms with Gasteiger partial charge in [0, 0.05) is 34.1 Å². The first-order valence-electron chi connectivity index (χ1n) is 20.0. The highest BCUT2D eigenvalue weighted by molar-refractivity contribution is 5.89. The number of amides is 1. The number of benzene rings is 1. The predicted octanol–water partition coefficient (Wildman–Crippen LogP) is 6.46. The Labute approximate surface area is 331 Å². The summed E-state index contributed by atoms with van der Waals surface area (Å²) in [6.45, 7) is 7.64.